The Bertz CT molecular complexity index is 626. The van der Waals surface area contributed by atoms with E-state index in [1.807, 2.05) is 4.90 Å². The number of rotatable bonds is 2. The number of amides is 1. The zero-order valence-corrected chi connectivity index (χ0v) is 11.7. The highest BCUT2D eigenvalue weighted by Gasteiger charge is 2.22. The van der Waals surface area contributed by atoms with E-state index in [0.717, 1.165) is 26.2 Å². The first-order chi connectivity index (χ1) is 9.70. The van der Waals surface area contributed by atoms with Crippen molar-refractivity contribution in [2.75, 3.05) is 37.6 Å². The van der Waals surface area contributed by atoms with Gasteiger partial charge in [-0.3, -0.25) is 4.79 Å². The summed E-state index contributed by atoms with van der Waals surface area (Å²) in [5, 5.41) is 1.27. The minimum atomic E-state index is 0.0440. The van der Waals surface area contributed by atoms with Crippen molar-refractivity contribution in [3.8, 4) is 0 Å². The number of anilines is 1. The molecule has 0 saturated carbocycles. The minimum absolute atomic E-state index is 0.0440. The molecule has 106 valence electrons. The number of aromatic nitrogens is 1. The fourth-order valence-corrected chi connectivity index (χ4v) is 2.90. The number of hydrogen-bond donors (Lipinski definition) is 1. The first kappa shape index (κ1) is 13.0. The van der Waals surface area contributed by atoms with Gasteiger partial charge in [0.1, 0.15) is 0 Å². The van der Waals surface area contributed by atoms with Gasteiger partial charge in [0.2, 0.25) is 5.91 Å². The second-order valence-electron chi connectivity index (χ2n) is 5.21. The number of benzene rings is 1. The summed E-state index contributed by atoms with van der Waals surface area (Å²) in [5.74, 6) is 0.0440. The number of para-hydroxylation sites is 1. The van der Waals surface area contributed by atoms with Gasteiger partial charge in [-0.1, -0.05) is 18.2 Å². The molecule has 2 aromatic rings. The van der Waals surface area contributed by atoms with E-state index in [1.54, 1.807) is 0 Å². The number of carbonyl (C=O) groups excluding carboxylic acids is 1. The van der Waals surface area contributed by atoms with Crippen molar-refractivity contribution >= 4 is 22.5 Å². The van der Waals surface area contributed by atoms with Crippen LogP contribution in [-0.2, 0) is 11.8 Å². The highest BCUT2D eigenvalue weighted by molar-refractivity contribution is 5.93. The molecule has 0 unspecified atom stereocenters. The monoisotopic (exact) mass is 272 g/mol. The zero-order chi connectivity index (χ0) is 14.1. The third-order valence-electron chi connectivity index (χ3n) is 4.02. The predicted molar refractivity (Wildman–Crippen MR) is 80.8 cm³/mol. The summed E-state index contributed by atoms with van der Waals surface area (Å²) in [7, 11) is 2.07. The van der Waals surface area contributed by atoms with E-state index < -0.39 is 0 Å². The van der Waals surface area contributed by atoms with Crippen LogP contribution in [0.5, 0.6) is 0 Å². The van der Waals surface area contributed by atoms with Gasteiger partial charge >= 0.3 is 0 Å². The highest BCUT2D eigenvalue weighted by atomic mass is 16.2. The van der Waals surface area contributed by atoms with E-state index in [2.05, 4.69) is 47.0 Å². The van der Waals surface area contributed by atoms with Crippen molar-refractivity contribution in [1.29, 1.82) is 0 Å². The standard InChI is InChI=1S/C15H20N4O/c1-17-11-14(12-4-2-3-5-13(12)17)18-6-8-19(9-7-18)15(20)10-16/h2-5,11H,6-10,16H2,1H3. The van der Waals surface area contributed by atoms with Crippen LogP contribution in [-0.4, -0.2) is 48.1 Å². The molecule has 1 saturated heterocycles. The molecule has 2 N–H and O–H groups in total. The molecule has 0 atom stereocenters. The van der Waals surface area contributed by atoms with E-state index in [0.29, 0.717) is 0 Å². The molecule has 0 radical (unpaired) electrons. The Balaban J connectivity index is 1.82. The van der Waals surface area contributed by atoms with Crippen LogP contribution in [0.25, 0.3) is 10.9 Å². The summed E-state index contributed by atoms with van der Waals surface area (Å²) >= 11 is 0. The van der Waals surface area contributed by atoms with Gasteiger partial charge in [0.15, 0.2) is 0 Å². The lowest BCUT2D eigenvalue weighted by Crippen LogP contribution is -2.50. The third-order valence-corrected chi connectivity index (χ3v) is 4.02. The normalized spacial score (nSPS) is 15.9. The average Bonchev–Trinajstić information content (AvgIpc) is 2.84. The highest BCUT2D eigenvalue weighted by Crippen LogP contribution is 2.29. The minimum Gasteiger partial charge on any atom is -0.366 e. The topological polar surface area (TPSA) is 54.5 Å². The number of carbonyl (C=O) groups is 1. The summed E-state index contributed by atoms with van der Waals surface area (Å²) in [4.78, 5) is 15.8. The van der Waals surface area contributed by atoms with E-state index in [4.69, 9.17) is 5.73 Å². The number of nitrogens with zero attached hydrogens (tertiary/aromatic N) is 3. The van der Waals surface area contributed by atoms with Crippen LogP contribution in [0.2, 0.25) is 0 Å². The van der Waals surface area contributed by atoms with Crippen LogP contribution in [0.1, 0.15) is 0 Å². The fraction of sp³-hybridized carbons (Fsp3) is 0.400. The van der Waals surface area contributed by atoms with E-state index >= 15 is 0 Å². The Kier molecular flexibility index (Phi) is 3.36. The third kappa shape index (κ3) is 2.14. The maximum Gasteiger partial charge on any atom is 0.236 e. The van der Waals surface area contributed by atoms with Crippen LogP contribution >= 0.6 is 0 Å². The molecule has 5 nitrogen and oxygen atoms in total. The van der Waals surface area contributed by atoms with Crippen molar-refractivity contribution in [1.82, 2.24) is 9.47 Å². The molecule has 3 rings (SSSR count). The number of fused-ring (bicyclic) bond motifs is 1. The summed E-state index contributed by atoms with van der Waals surface area (Å²) in [6.07, 6.45) is 2.17. The van der Waals surface area contributed by atoms with E-state index in [1.165, 1.54) is 16.6 Å². The van der Waals surface area contributed by atoms with E-state index in [-0.39, 0.29) is 12.5 Å². The quantitative estimate of drug-likeness (QED) is 0.879. The fourth-order valence-electron chi connectivity index (χ4n) is 2.90. The van der Waals surface area contributed by atoms with Crippen LogP contribution in [0, 0.1) is 0 Å². The van der Waals surface area contributed by atoms with Crippen molar-refractivity contribution in [2.24, 2.45) is 12.8 Å². The van der Waals surface area contributed by atoms with Crippen molar-refractivity contribution in [2.45, 2.75) is 0 Å². The SMILES string of the molecule is Cn1cc(N2CCN(C(=O)CN)CC2)c2ccccc21. The van der Waals surface area contributed by atoms with Gasteiger partial charge < -0.3 is 20.1 Å². The number of nitrogens with two attached hydrogens (primary N) is 1. The maximum absolute atomic E-state index is 11.6. The van der Waals surface area contributed by atoms with Gasteiger partial charge in [0.05, 0.1) is 12.2 Å². The molecule has 5 heteroatoms. The van der Waals surface area contributed by atoms with Crippen LogP contribution in [0.4, 0.5) is 5.69 Å². The lowest BCUT2D eigenvalue weighted by Gasteiger charge is -2.35. The molecule has 1 aromatic carbocycles. The van der Waals surface area contributed by atoms with Gasteiger partial charge in [-0.05, 0) is 6.07 Å². The Labute approximate surface area is 118 Å². The second-order valence-corrected chi connectivity index (χ2v) is 5.21. The Morgan fingerprint density at radius 3 is 2.60 bits per heavy atom. The second kappa shape index (κ2) is 5.17. The summed E-state index contributed by atoms with van der Waals surface area (Å²) in [6, 6.07) is 8.42. The number of aryl methyl sites for hydroxylation is 1. The smallest absolute Gasteiger partial charge is 0.236 e. The van der Waals surface area contributed by atoms with E-state index in [9.17, 15) is 4.79 Å². The lowest BCUT2D eigenvalue weighted by molar-refractivity contribution is -0.129. The molecular formula is C15H20N4O. The molecule has 0 bridgehead atoms. The molecule has 1 aliphatic rings. The number of piperazine rings is 1. The van der Waals surface area contributed by atoms with Crippen LogP contribution in [0.15, 0.2) is 30.5 Å². The average molecular weight is 272 g/mol. The first-order valence-corrected chi connectivity index (χ1v) is 6.97. The maximum atomic E-state index is 11.6. The largest absolute Gasteiger partial charge is 0.366 e. The summed E-state index contributed by atoms with van der Waals surface area (Å²) in [6.45, 7) is 3.33. The van der Waals surface area contributed by atoms with Crippen molar-refractivity contribution in [3.63, 3.8) is 0 Å². The van der Waals surface area contributed by atoms with Crippen molar-refractivity contribution in [3.05, 3.63) is 30.5 Å². The molecule has 2 heterocycles. The molecule has 1 fully saturated rings. The van der Waals surface area contributed by atoms with Gasteiger partial charge in [-0.25, -0.2) is 0 Å². The predicted octanol–water partition coefficient (Wildman–Crippen LogP) is 0.786. The van der Waals surface area contributed by atoms with Crippen molar-refractivity contribution < 1.29 is 4.79 Å². The Morgan fingerprint density at radius 2 is 1.90 bits per heavy atom. The molecule has 1 aromatic heterocycles. The molecule has 1 aliphatic heterocycles. The lowest BCUT2D eigenvalue weighted by atomic mass is 10.2. The number of hydrogen-bond acceptors (Lipinski definition) is 3. The van der Waals surface area contributed by atoms with Crippen LogP contribution < -0.4 is 10.6 Å². The zero-order valence-electron chi connectivity index (χ0n) is 11.7. The summed E-state index contributed by atoms with van der Waals surface area (Å²) in [5.41, 5.74) is 7.91. The van der Waals surface area contributed by atoms with Gasteiger partial charge in [0, 0.05) is 50.3 Å². The van der Waals surface area contributed by atoms with Gasteiger partial charge in [0.25, 0.3) is 0 Å². The summed E-state index contributed by atoms with van der Waals surface area (Å²) < 4.78 is 2.15. The molecule has 0 spiro atoms. The molecule has 20 heavy (non-hydrogen) atoms. The Hall–Kier alpha value is -2.01. The van der Waals surface area contributed by atoms with Gasteiger partial charge in [-0.15, -0.1) is 0 Å². The molecule has 1 amide bonds. The first-order valence-electron chi connectivity index (χ1n) is 6.97. The molecule has 0 aliphatic carbocycles. The Morgan fingerprint density at radius 1 is 1.20 bits per heavy atom. The van der Waals surface area contributed by atoms with Crippen LogP contribution in [0.3, 0.4) is 0 Å². The van der Waals surface area contributed by atoms with Gasteiger partial charge in [-0.2, -0.15) is 0 Å². The molecular weight excluding hydrogens is 252 g/mol.